The fourth-order valence-electron chi connectivity index (χ4n) is 5.43. The molecule has 1 aliphatic carbocycles. The average molecular weight is 505 g/mol. The van der Waals surface area contributed by atoms with E-state index < -0.39 is 23.7 Å². The van der Waals surface area contributed by atoms with Gasteiger partial charge in [-0.05, 0) is 58.9 Å². The van der Waals surface area contributed by atoms with Gasteiger partial charge in [0.1, 0.15) is 0 Å². The van der Waals surface area contributed by atoms with Crippen molar-refractivity contribution in [3.63, 3.8) is 0 Å². The predicted octanol–water partition coefficient (Wildman–Crippen LogP) is 10.0. The molecule has 3 aromatic rings. The fraction of sp³-hybridized carbons (Fsp3) is 0.467. The van der Waals surface area contributed by atoms with E-state index in [1.54, 1.807) is 12.1 Å². The molecule has 0 aromatic heterocycles. The van der Waals surface area contributed by atoms with Gasteiger partial charge in [-0.2, -0.15) is 0 Å². The molecule has 194 valence electrons. The van der Waals surface area contributed by atoms with Crippen molar-refractivity contribution >= 4 is 10.8 Å². The molecular formula is C30H33F5O. The van der Waals surface area contributed by atoms with Crippen LogP contribution in [0.25, 0.3) is 21.9 Å². The summed E-state index contributed by atoms with van der Waals surface area (Å²) in [5.41, 5.74) is 2.87. The number of aryl methyl sites for hydroxylation is 1. The van der Waals surface area contributed by atoms with Crippen LogP contribution in [0.15, 0.2) is 48.5 Å². The van der Waals surface area contributed by atoms with Crippen LogP contribution in [0.3, 0.4) is 0 Å². The molecule has 0 unspecified atom stereocenters. The van der Waals surface area contributed by atoms with E-state index in [1.165, 1.54) is 69.4 Å². The van der Waals surface area contributed by atoms with E-state index in [1.807, 2.05) is 12.1 Å². The first kappa shape index (κ1) is 26.4. The van der Waals surface area contributed by atoms with Crippen LogP contribution in [0, 0.1) is 23.5 Å². The van der Waals surface area contributed by atoms with E-state index in [0.29, 0.717) is 0 Å². The van der Waals surface area contributed by atoms with Gasteiger partial charge in [-0.15, -0.1) is 13.2 Å². The van der Waals surface area contributed by atoms with Crippen LogP contribution >= 0.6 is 0 Å². The van der Waals surface area contributed by atoms with E-state index in [9.17, 15) is 22.0 Å². The highest BCUT2D eigenvalue weighted by Gasteiger charge is 2.34. The number of alkyl halides is 3. The zero-order valence-corrected chi connectivity index (χ0v) is 20.6. The third-order valence-corrected chi connectivity index (χ3v) is 7.52. The predicted molar refractivity (Wildman–Crippen MR) is 134 cm³/mol. The third kappa shape index (κ3) is 6.77. The number of ether oxygens (including phenoxy) is 1. The van der Waals surface area contributed by atoms with Gasteiger partial charge in [0.25, 0.3) is 0 Å². The molecular weight excluding hydrogens is 471 g/mol. The summed E-state index contributed by atoms with van der Waals surface area (Å²) in [6.45, 7) is 2.25. The molecule has 0 N–H and O–H groups in total. The Kier molecular flexibility index (Phi) is 8.53. The van der Waals surface area contributed by atoms with Crippen molar-refractivity contribution in [2.24, 2.45) is 11.8 Å². The lowest BCUT2D eigenvalue weighted by molar-refractivity contribution is -0.276. The molecule has 4 rings (SSSR count). The maximum Gasteiger partial charge on any atom is 0.573 e. The zero-order chi connectivity index (χ0) is 25.7. The van der Waals surface area contributed by atoms with Gasteiger partial charge in [-0.25, -0.2) is 8.78 Å². The maximum atomic E-state index is 14.5. The maximum absolute atomic E-state index is 14.5. The minimum absolute atomic E-state index is 0.129. The number of hydrogen-bond donors (Lipinski definition) is 0. The Balaban J connectivity index is 1.37. The standard InChI is InChI=1S/C30H33F5O/c1-2-3-4-5-20-6-8-21(9-7-20)10-11-22-12-14-23(15-13-22)24-16-17-26-25(18-24)19-27(31)29(28(26)32)36-30(33,34)35/h12-21H,2-11H2,1H3/t20-,21-. The van der Waals surface area contributed by atoms with Gasteiger partial charge in [0.05, 0.1) is 0 Å². The second kappa shape index (κ2) is 11.6. The van der Waals surface area contributed by atoms with Gasteiger partial charge in [-0.1, -0.05) is 94.7 Å². The van der Waals surface area contributed by atoms with E-state index in [0.717, 1.165) is 35.4 Å². The first-order chi connectivity index (χ1) is 17.2. The van der Waals surface area contributed by atoms with E-state index in [2.05, 4.69) is 23.8 Å². The summed E-state index contributed by atoms with van der Waals surface area (Å²) in [7, 11) is 0. The lowest BCUT2D eigenvalue weighted by atomic mass is 9.78. The lowest BCUT2D eigenvalue weighted by Gasteiger charge is -2.28. The van der Waals surface area contributed by atoms with Crippen LogP contribution in [-0.4, -0.2) is 6.36 Å². The summed E-state index contributed by atoms with van der Waals surface area (Å²) in [5, 5.41) is 0.0440. The minimum Gasteiger partial charge on any atom is -0.399 e. The molecule has 3 aromatic carbocycles. The van der Waals surface area contributed by atoms with Gasteiger partial charge in [0, 0.05) is 5.39 Å². The molecule has 0 aliphatic heterocycles. The number of fused-ring (bicyclic) bond motifs is 1. The normalized spacial score (nSPS) is 18.5. The first-order valence-electron chi connectivity index (χ1n) is 13.0. The van der Waals surface area contributed by atoms with E-state index in [4.69, 9.17) is 0 Å². The van der Waals surface area contributed by atoms with Crippen molar-refractivity contribution in [3.8, 4) is 16.9 Å². The molecule has 1 saturated carbocycles. The summed E-state index contributed by atoms with van der Waals surface area (Å²) in [6, 6.07) is 13.5. The molecule has 0 radical (unpaired) electrons. The highest BCUT2D eigenvalue weighted by molar-refractivity contribution is 5.89. The summed E-state index contributed by atoms with van der Waals surface area (Å²) >= 11 is 0. The summed E-state index contributed by atoms with van der Waals surface area (Å²) in [4.78, 5) is 0. The van der Waals surface area contributed by atoms with E-state index in [-0.39, 0.29) is 10.8 Å². The minimum atomic E-state index is -5.18. The smallest absolute Gasteiger partial charge is 0.399 e. The quantitative estimate of drug-likeness (QED) is 0.208. The fourth-order valence-corrected chi connectivity index (χ4v) is 5.43. The molecule has 36 heavy (non-hydrogen) atoms. The summed E-state index contributed by atoms with van der Waals surface area (Å²) in [6.07, 6.45) is 7.81. The monoisotopic (exact) mass is 504 g/mol. The van der Waals surface area contributed by atoms with Gasteiger partial charge in [-0.3, -0.25) is 0 Å². The van der Waals surface area contributed by atoms with Crippen molar-refractivity contribution < 1.29 is 26.7 Å². The SMILES string of the molecule is CCCCC[C@H]1CC[C@H](CCc2ccc(-c3ccc4c(F)c(OC(F)(F)F)c(F)cc4c3)cc2)CC1. The molecule has 1 nitrogen and oxygen atoms in total. The van der Waals surface area contributed by atoms with Crippen LogP contribution in [-0.2, 0) is 6.42 Å². The number of unbranched alkanes of at least 4 members (excludes halogenated alkanes) is 2. The Labute approximate surface area is 209 Å². The number of halogens is 5. The first-order valence-corrected chi connectivity index (χ1v) is 13.0. The summed E-state index contributed by atoms with van der Waals surface area (Å²) in [5.74, 6) is -2.47. The zero-order valence-electron chi connectivity index (χ0n) is 20.6. The van der Waals surface area contributed by atoms with Crippen molar-refractivity contribution in [3.05, 3.63) is 65.7 Å². The van der Waals surface area contributed by atoms with Crippen molar-refractivity contribution in [2.45, 2.75) is 77.5 Å². The number of rotatable bonds is 9. The Morgan fingerprint density at radius 2 is 1.44 bits per heavy atom. The highest BCUT2D eigenvalue weighted by atomic mass is 19.4. The lowest BCUT2D eigenvalue weighted by Crippen LogP contribution is -2.19. The largest absolute Gasteiger partial charge is 0.573 e. The van der Waals surface area contributed by atoms with Crippen molar-refractivity contribution in [1.82, 2.24) is 0 Å². The number of benzene rings is 3. The highest BCUT2D eigenvalue weighted by Crippen LogP contribution is 2.36. The average Bonchev–Trinajstić information content (AvgIpc) is 2.86. The third-order valence-electron chi connectivity index (χ3n) is 7.52. The Hall–Kier alpha value is -2.63. The van der Waals surface area contributed by atoms with E-state index >= 15 is 0 Å². The Morgan fingerprint density at radius 1 is 0.806 bits per heavy atom. The van der Waals surface area contributed by atoms with Crippen LogP contribution in [0.4, 0.5) is 22.0 Å². The van der Waals surface area contributed by atoms with Crippen molar-refractivity contribution in [2.75, 3.05) is 0 Å². The van der Waals surface area contributed by atoms with Gasteiger partial charge >= 0.3 is 6.36 Å². The van der Waals surface area contributed by atoms with Gasteiger partial charge in [0.2, 0.25) is 5.75 Å². The molecule has 0 atom stereocenters. The topological polar surface area (TPSA) is 9.23 Å². The van der Waals surface area contributed by atoms with Crippen LogP contribution in [0.5, 0.6) is 5.75 Å². The van der Waals surface area contributed by atoms with Crippen LogP contribution in [0.2, 0.25) is 0 Å². The molecule has 1 fully saturated rings. The molecule has 0 saturated heterocycles. The molecule has 6 heteroatoms. The molecule has 0 amide bonds. The van der Waals surface area contributed by atoms with Crippen LogP contribution < -0.4 is 4.74 Å². The molecule has 1 aliphatic rings. The Bertz CT molecular complexity index is 1140. The summed E-state index contributed by atoms with van der Waals surface area (Å²) < 4.78 is 69.7. The van der Waals surface area contributed by atoms with Crippen molar-refractivity contribution in [1.29, 1.82) is 0 Å². The van der Waals surface area contributed by atoms with Crippen LogP contribution in [0.1, 0.15) is 70.3 Å². The van der Waals surface area contributed by atoms with Gasteiger partial charge < -0.3 is 4.74 Å². The molecule has 0 bridgehead atoms. The number of hydrogen-bond acceptors (Lipinski definition) is 1. The molecule has 0 spiro atoms. The Morgan fingerprint density at radius 3 is 2.08 bits per heavy atom. The molecule has 0 heterocycles. The second-order valence-corrected chi connectivity index (χ2v) is 10.1. The van der Waals surface area contributed by atoms with Gasteiger partial charge in [0.15, 0.2) is 11.6 Å². The second-order valence-electron chi connectivity index (χ2n) is 10.1.